The number of carbonyl (C=O) groups is 2. The molecule has 1 unspecified atom stereocenters. The molecule has 1 amide bonds. The average Bonchev–Trinajstić information content (AvgIpc) is 2.46. The van der Waals surface area contributed by atoms with Crippen LogP contribution in [0.1, 0.15) is 19.8 Å². The van der Waals surface area contributed by atoms with Gasteiger partial charge in [0.1, 0.15) is 6.61 Å². The Hall–Kier alpha value is -0.850. The Morgan fingerprint density at radius 2 is 1.81 bits per heavy atom. The Labute approximate surface area is 128 Å². The Balaban J connectivity index is 3.21. The number of rotatable bonds is 14. The Morgan fingerprint density at radius 3 is 2.43 bits per heavy atom. The summed E-state index contributed by atoms with van der Waals surface area (Å²) >= 11 is 0. The highest BCUT2D eigenvalue weighted by molar-refractivity contribution is 7.13. The lowest BCUT2D eigenvalue weighted by Crippen LogP contribution is -2.31. The first-order chi connectivity index (χ1) is 10.1. The van der Waals surface area contributed by atoms with E-state index in [1.165, 1.54) is 0 Å². The minimum absolute atomic E-state index is 0.0461. The van der Waals surface area contributed by atoms with Crippen molar-refractivity contribution in [3.8, 4) is 0 Å². The minimum atomic E-state index is -0.216. The second-order valence-electron chi connectivity index (χ2n) is 4.29. The van der Waals surface area contributed by atoms with Gasteiger partial charge < -0.3 is 14.8 Å². The Morgan fingerprint density at radius 1 is 1.14 bits per heavy atom. The van der Waals surface area contributed by atoms with E-state index in [2.05, 4.69) is 31.4 Å². The van der Waals surface area contributed by atoms with E-state index < -0.39 is 0 Å². The SMILES string of the molecule is C=C(C)C(=O)CCCOCCOCCNC(=O)CONP. The largest absolute Gasteiger partial charge is 0.379 e. The maximum Gasteiger partial charge on any atom is 0.248 e. The first-order valence-electron chi connectivity index (χ1n) is 6.76. The molecule has 1 atom stereocenters. The highest BCUT2D eigenvalue weighted by Gasteiger charge is 2.01. The molecule has 0 aliphatic heterocycles. The van der Waals surface area contributed by atoms with Gasteiger partial charge in [-0.15, -0.1) is 0 Å². The zero-order valence-corrected chi connectivity index (χ0v) is 13.6. The highest BCUT2D eigenvalue weighted by Crippen LogP contribution is 1.99. The summed E-state index contributed by atoms with van der Waals surface area (Å²) in [6.45, 7) is 7.53. The molecule has 0 saturated carbocycles. The lowest BCUT2D eigenvalue weighted by atomic mass is 10.1. The van der Waals surface area contributed by atoms with E-state index in [1.807, 2.05) is 0 Å². The van der Waals surface area contributed by atoms with Gasteiger partial charge in [0, 0.05) is 19.6 Å². The van der Waals surface area contributed by atoms with Gasteiger partial charge in [0.25, 0.3) is 0 Å². The average molecular weight is 320 g/mol. The van der Waals surface area contributed by atoms with Crippen molar-refractivity contribution >= 4 is 21.1 Å². The second kappa shape index (κ2) is 14.1. The van der Waals surface area contributed by atoms with E-state index in [0.29, 0.717) is 51.4 Å². The fourth-order valence-corrected chi connectivity index (χ4v) is 1.37. The molecule has 0 heterocycles. The first-order valence-corrected chi connectivity index (χ1v) is 7.34. The van der Waals surface area contributed by atoms with Gasteiger partial charge >= 0.3 is 0 Å². The predicted molar refractivity (Wildman–Crippen MR) is 82.5 cm³/mol. The van der Waals surface area contributed by atoms with Gasteiger partial charge in [0.15, 0.2) is 5.78 Å². The molecule has 0 aliphatic rings. The monoisotopic (exact) mass is 320 g/mol. The van der Waals surface area contributed by atoms with Crippen LogP contribution in [0.2, 0.25) is 0 Å². The number of ether oxygens (including phenoxy) is 2. The summed E-state index contributed by atoms with van der Waals surface area (Å²) in [5.41, 5.74) is 0.583. The molecule has 0 spiro atoms. The molecule has 0 rings (SSSR count). The quantitative estimate of drug-likeness (QED) is 0.208. The molecule has 0 aromatic rings. The minimum Gasteiger partial charge on any atom is -0.379 e. The van der Waals surface area contributed by atoms with E-state index in [9.17, 15) is 9.59 Å². The third-order valence-electron chi connectivity index (χ3n) is 2.40. The van der Waals surface area contributed by atoms with Crippen molar-refractivity contribution in [1.82, 2.24) is 10.6 Å². The van der Waals surface area contributed by atoms with Crippen LogP contribution < -0.4 is 10.6 Å². The van der Waals surface area contributed by atoms with Crippen LogP contribution in [0.5, 0.6) is 0 Å². The summed E-state index contributed by atoms with van der Waals surface area (Å²) < 4.78 is 10.6. The maximum atomic E-state index is 11.2. The summed E-state index contributed by atoms with van der Waals surface area (Å²) in [6, 6.07) is 0. The normalized spacial score (nSPS) is 10.4. The van der Waals surface area contributed by atoms with Crippen LogP contribution in [-0.4, -0.2) is 51.3 Å². The number of hydrogen-bond donors (Lipinski definition) is 2. The molecule has 122 valence electrons. The molecule has 0 saturated heterocycles. The van der Waals surface area contributed by atoms with E-state index in [-0.39, 0.29) is 18.3 Å². The summed E-state index contributed by atoms with van der Waals surface area (Å²) in [4.78, 5) is 27.0. The van der Waals surface area contributed by atoms with Gasteiger partial charge in [-0.25, -0.2) is 0 Å². The third-order valence-corrected chi connectivity index (χ3v) is 2.56. The number of ketones is 1. The predicted octanol–water partition coefficient (Wildman–Crippen LogP) is 0.372. The Bertz CT molecular complexity index is 326. The Kier molecular flexibility index (Phi) is 13.5. The van der Waals surface area contributed by atoms with E-state index >= 15 is 0 Å². The third kappa shape index (κ3) is 13.9. The molecule has 0 bridgehead atoms. The first kappa shape index (κ1) is 20.1. The maximum absolute atomic E-state index is 11.2. The molecule has 0 fully saturated rings. The van der Waals surface area contributed by atoms with Crippen molar-refractivity contribution in [2.24, 2.45) is 0 Å². The summed E-state index contributed by atoms with van der Waals surface area (Å²) in [5, 5.41) is 4.96. The summed E-state index contributed by atoms with van der Waals surface area (Å²) in [5.74, 6) is -0.140. The summed E-state index contributed by atoms with van der Waals surface area (Å²) in [6.07, 6.45) is 1.15. The van der Waals surface area contributed by atoms with Gasteiger partial charge in [-0.05, 0) is 28.3 Å². The number of carbonyl (C=O) groups excluding carboxylic acids is 2. The van der Waals surface area contributed by atoms with Gasteiger partial charge in [0.05, 0.1) is 19.8 Å². The molecular weight excluding hydrogens is 295 g/mol. The van der Waals surface area contributed by atoms with Gasteiger partial charge in [-0.3, -0.25) is 14.4 Å². The molecule has 0 radical (unpaired) electrons. The van der Waals surface area contributed by atoms with Crippen LogP contribution in [0.3, 0.4) is 0 Å². The zero-order valence-electron chi connectivity index (χ0n) is 12.5. The van der Waals surface area contributed by atoms with E-state index in [4.69, 9.17) is 9.47 Å². The number of amides is 1. The van der Waals surface area contributed by atoms with Gasteiger partial charge in [-0.1, -0.05) is 6.58 Å². The van der Waals surface area contributed by atoms with E-state index in [1.54, 1.807) is 6.92 Å². The second-order valence-corrected chi connectivity index (χ2v) is 4.52. The van der Waals surface area contributed by atoms with Crippen molar-refractivity contribution in [3.63, 3.8) is 0 Å². The van der Waals surface area contributed by atoms with Gasteiger partial charge in [0.2, 0.25) is 5.91 Å². The van der Waals surface area contributed by atoms with Crippen molar-refractivity contribution in [1.29, 1.82) is 0 Å². The molecule has 0 aromatic heterocycles. The van der Waals surface area contributed by atoms with Crippen LogP contribution in [0, 0.1) is 0 Å². The van der Waals surface area contributed by atoms with Crippen molar-refractivity contribution in [2.75, 3.05) is 39.6 Å². The number of allylic oxidation sites excluding steroid dienone is 1. The molecule has 2 N–H and O–H groups in total. The number of Topliss-reactive ketones (excluding diaryl/α,β-unsaturated/α-hetero) is 1. The summed E-state index contributed by atoms with van der Waals surface area (Å²) in [7, 11) is 2.13. The van der Waals surface area contributed by atoms with Crippen molar-refractivity contribution in [2.45, 2.75) is 19.8 Å². The van der Waals surface area contributed by atoms with Crippen LogP contribution in [-0.2, 0) is 23.9 Å². The lowest BCUT2D eigenvalue weighted by Gasteiger charge is -2.07. The molecular formula is C13H25N2O5P. The van der Waals surface area contributed by atoms with Gasteiger partial charge in [-0.2, -0.15) is 5.25 Å². The smallest absolute Gasteiger partial charge is 0.248 e. The molecule has 0 aromatic carbocycles. The van der Waals surface area contributed by atoms with Crippen LogP contribution in [0.15, 0.2) is 12.2 Å². The van der Waals surface area contributed by atoms with E-state index in [0.717, 1.165) is 0 Å². The topological polar surface area (TPSA) is 85.9 Å². The van der Waals surface area contributed by atoms with Crippen LogP contribution in [0.4, 0.5) is 0 Å². The van der Waals surface area contributed by atoms with Crippen LogP contribution in [0.25, 0.3) is 0 Å². The number of hydrogen-bond acceptors (Lipinski definition) is 6. The lowest BCUT2D eigenvalue weighted by molar-refractivity contribution is -0.127. The van der Waals surface area contributed by atoms with Crippen LogP contribution >= 0.6 is 9.39 Å². The fraction of sp³-hybridized carbons (Fsp3) is 0.692. The van der Waals surface area contributed by atoms with Crippen molar-refractivity contribution < 1.29 is 23.9 Å². The highest BCUT2D eigenvalue weighted by atomic mass is 31.0. The fourth-order valence-electron chi connectivity index (χ4n) is 1.29. The molecule has 21 heavy (non-hydrogen) atoms. The molecule has 0 aliphatic carbocycles. The molecule has 8 heteroatoms. The standard InChI is InChI=1S/C13H25N2O5P/c1-11(2)12(16)4-3-6-18-8-9-19-7-5-14-13(17)10-20-15-21/h15H,1,3-10,21H2,2H3,(H,14,17). The zero-order chi connectivity index (χ0) is 15.9. The van der Waals surface area contributed by atoms with Crippen molar-refractivity contribution in [3.05, 3.63) is 12.2 Å². The molecule has 7 nitrogen and oxygen atoms in total. The number of nitrogens with one attached hydrogen (secondary N) is 2.